The third-order valence-electron chi connectivity index (χ3n) is 4.88. The van der Waals surface area contributed by atoms with Gasteiger partial charge in [-0.15, -0.1) is 0 Å². The second kappa shape index (κ2) is 6.57. The monoisotopic (exact) mass is 368 g/mol. The summed E-state index contributed by atoms with van der Waals surface area (Å²) in [5, 5.41) is 2.64. The van der Waals surface area contributed by atoms with E-state index in [0.29, 0.717) is 23.0 Å². The van der Waals surface area contributed by atoms with Gasteiger partial charge in [-0.3, -0.25) is 9.59 Å². The van der Waals surface area contributed by atoms with Gasteiger partial charge in [-0.2, -0.15) is 0 Å². The van der Waals surface area contributed by atoms with Gasteiger partial charge in [0.05, 0.1) is 11.3 Å². The Kier molecular flexibility index (Phi) is 4.22. The van der Waals surface area contributed by atoms with Gasteiger partial charge in [0.2, 0.25) is 5.78 Å². The van der Waals surface area contributed by atoms with Crippen LogP contribution in [0.1, 0.15) is 51.0 Å². The summed E-state index contributed by atoms with van der Waals surface area (Å²) in [6, 6.07) is 6.97. The lowest BCUT2D eigenvalue weighted by molar-refractivity contribution is -0.118. The third-order valence-corrected chi connectivity index (χ3v) is 4.88. The van der Waals surface area contributed by atoms with E-state index in [1.54, 1.807) is 12.1 Å². The van der Waals surface area contributed by atoms with E-state index < -0.39 is 5.97 Å². The molecule has 0 saturated heterocycles. The van der Waals surface area contributed by atoms with E-state index in [0.717, 1.165) is 24.2 Å². The number of esters is 1. The number of nitrogens with zero attached hydrogens (tertiary/aromatic N) is 1. The van der Waals surface area contributed by atoms with Crippen LogP contribution in [0.4, 0.5) is 5.69 Å². The van der Waals surface area contributed by atoms with Crippen molar-refractivity contribution in [3.05, 3.63) is 46.8 Å². The maximum atomic E-state index is 12.5. The van der Waals surface area contributed by atoms with Gasteiger partial charge in [-0.25, -0.2) is 4.79 Å². The first-order valence-electron chi connectivity index (χ1n) is 8.89. The van der Waals surface area contributed by atoms with E-state index in [2.05, 4.69) is 9.88 Å². The molecule has 0 spiro atoms. The molecule has 1 aromatic heterocycles. The Morgan fingerprint density at radius 2 is 2.04 bits per heavy atom. The van der Waals surface area contributed by atoms with Gasteiger partial charge in [0.25, 0.3) is 5.91 Å². The molecule has 1 saturated carbocycles. The van der Waals surface area contributed by atoms with E-state index in [9.17, 15) is 14.4 Å². The second-order valence-electron chi connectivity index (χ2n) is 6.93. The fraction of sp³-hybridized carbons (Fsp3) is 0.350. The molecule has 2 aromatic rings. The number of ether oxygens (including phenoxy) is 2. The Morgan fingerprint density at radius 1 is 1.26 bits per heavy atom. The molecule has 2 aliphatic rings. The minimum Gasteiger partial charge on any atom is -0.482 e. The molecule has 7 nitrogen and oxygen atoms in total. The molecule has 0 bridgehead atoms. The standard InChI is InChI=1S/C20H20N2O5/c1-11-7-15(12(2)22(11)14-4-5-14)17(23)9-27-20(25)13-3-6-18-16(8-13)21-19(24)10-26-18/h3,6-8,14H,4-5,9-10H2,1-2H3,(H,21,24). The summed E-state index contributed by atoms with van der Waals surface area (Å²) in [4.78, 5) is 36.2. The first kappa shape index (κ1) is 17.3. The average molecular weight is 368 g/mol. The molecule has 0 radical (unpaired) electrons. The first-order chi connectivity index (χ1) is 12.9. The van der Waals surface area contributed by atoms with Gasteiger partial charge >= 0.3 is 5.97 Å². The van der Waals surface area contributed by atoms with E-state index in [4.69, 9.17) is 9.47 Å². The summed E-state index contributed by atoms with van der Waals surface area (Å²) in [6.45, 7) is 3.53. The van der Waals surface area contributed by atoms with Crippen molar-refractivity contribution in [3.63, 3.8) is 0 Å². The normalized spacial score (nSPS) is 15.6. The molecule has 1 aromatic carbocycles. The van der Waals surface area contributed by atoms with Crippen LogP contribution in [0.2, 0.25) is 0 Å². The molecule has 1 fully saturated rings. The highest BCUT2D eigenvalue weighted by atomic mass is 16.5. The van der Waals surface area contributed by atoms with Crippen molar-refractivity contribution in [2.75, 3.05) is 18.5 Å². The smallest absolute Gasteiger partial charge is 0.338 e. The number of aromatic nitrogens is 1. The zero-order valence-corrected chi connectivity index (χ0v) is 15.2. The molecule has 1 aliphatic heterocycles. The first-order valence-corrected chi connectivity index (χ1v) is 8.89. The number of benzene rings is 1. The zero-order valence-electron chi connectivity index (χ0n) is 15.2. The molecule has 0 unspecified atom stereocenters. The van der Waals surface area contributed by atoms with E-state index >= 15 is 0 Å². The van der Waals surface area contributed by atoms with Crippen LogP contribution in [0.15, 0.2) is 24.3 Å². The van der Waals surface area contributed by atoms with Gasteiger partial charge in [0.15, 0.2) is 13.2 Å². The van der Waals surface area contributed by atoms with Crippen molar-refractivity contribution >= 4 is 23.3 Å². The number of Topliss-reactive ketones (excluding diaryl/α,β-unsaturated/α-hetero) is 1. The molecular formula is C20H20N2O5. The number of fused-ring (bicyclic) bond motifs is 1. The lowest BCUT2D eigenvalue weighted by atomic mass is 10.1. The van der Waals surface area contributed by atoms with Crippen LogP contribution in [0.3, 0.4) is 0 Å². The van der Waals surface area contributed by atoms with Gasteiger partial charge < -0.3 is 19.4 Å². The molecule has 1 aliphatic carbocycles. The van der Waals surface area contributed by atoms with Crippen molar-refractivity contribution < 1.29 is 23.9 Å². The number of nitrogens with one attached hydrogen (secondary N) is 1. The molecule has 140 valence electrons. The quantitative estimate of drug-likeness (QED) is 0.648. The predicted octanol–water partition coefficient (Wildman–Crippen LogP) is 2.81. The fourth-order valence-electron chi connectivity index (χ4n) is 3.46. The SMILES string of the molecule is Cc1cc(C(=O)COC(=O)c2ccc3c(c2)NC(=O)CO3)c(C)n1C1CC1. The highest BCUT2D eigenvalue weighted by Crippen LogP contribution is 2.38. The molecule has 27 heavy (non-hydrogen) atoms. The number of amides is 1. The summed E-state index contributed by atoms with van der Waals surface area (Å²) in [6.07, 6.45) is 2.27. The number of carbonyl (C=O) groups is 3. The molecule has 0 atom stereocenters. The predicted molar refractivity (Wildman–Crippen MR) is 97.4 cm³/mol. The van der Waals surface area contributed by atoms with Crippen molar-refractivity contribution in [1.29, 1.82) is 0 Å². The highest BCUT2D eigenvalue weighted by molar-refractivity contribution is 6.01. The van der Waals surface area contributed by atoms with Crippen LogP contribution in [0.5, 0.6) is 5.75 Å². The summed E-state index contributed by atoms with van der Waals surface area (Å²) in [7, 11) is 0. The lowest BCUT2D eigenvalue weighted by Gasteiger charge is -2.18. The number of hydrogen-bond acceptors (Lipinski definition) is 5. The van der Waals surface area contributed by atoms with Gasteiger partial charge in [0, 0.05) is 23.0 Å². The zero-order chi connectivity index (χ0) is 19.1. The maximum Gasteiger partial charge on any atom is 0.338 e. The molecule has 2 heterocycles. The Bertz CT molecular complexity index is 956. The highest BCUT2D eigenvalue weighted by Gasteiger charge is 2.28. The van der Waals surface area contributed by atoms with Crippen LogP contribution in [-0.4, -0.2) is 35.4 Å². The molecule has 4 rings (SSSR count). The Morgan fingerprint density at radius 3 is 2.78 bits per heavy atom. The third kappa shape index (κ3) is 3.32. The van der Waals surface area contributed by atoms with Crippen LogP contribution in [0, 0.1) is 13.8 Å². The lowest BCUT2D eigenvalue weighted by Crippen LogP contribution is -2.25. The van der Waals surface area contributed by atoms with Crippen molar-refractivity contribution in [3.8, 4) is 5.75 Å². The maximum absolute atomic E-state index is 12.5. The molecule has 1 N–H and O–H groups in total. The number of hydrogen-bond donors (Lipinski definition) is 1. The van der Waals surface area contributed by atoms with Gasteiger partial charge in [-0.05, 0) is 51.0 Å². The minimum atomic E-state index is -0.623. The minimum absolute atomic E-state index is 0.0510. The summed E-state index contributed by atoms with van der Waals surface area (Å²) >= 11 is 0. The second-order valence-corrected chi connectivity index (χ2v) is 6.93. The molecule has 1 amide bonds. The molecular weight excluding hydrogens is 348 g/mol. The van der Waals surface area contributed by atoms with E-state index in [1.165, 1.54) is 6.07 Å². The van der Waals surface area contributed by atoms with Gasteiger partial charge in [0.1, 0.15) is 5.75 Å². The largest absolute Gasteiger partial charge is 0.482 e. The summed E-state index contributed by atoms with van der Waals surface area (Å²) in [5.41, 5.74) is 3.23. The van der Waals surface area contributed by atoms with Crippen LogP contribution >= 0.6 is 0 Å². The molecule has 7 heteroatoms. The van der Waals surface area contributed by atoms with Crippen LogP contribution < -0.4 is 10.1 Å². The fourth-order valence-corrected chi connectivity index (χ4v) is 3.46. The van der Waals surface area contributed by atoms with Gasteiger partial charge in [-0.1, -0.05) is 0 Å². The van der Waals surface area contributed by atoms with Crippen LogP contribution in [-0.2, 0) is 9.53 Å². The Hall–Kier alpha value is -3.09. The Labute approximate surface area is 156 Å². The van der Waals surface area contributed by atoms with Crippen molar-refractivity contribution in [2.45, 2.75) is 32.7 Å². The number of anilines is 1. The summed E-state index contributed by atoms with van der Waals surface area (Å²) < 4.78 is 12.6. The Balaban J connectivity index is 1.44. The van der Waals surface area contributed by atoms with Crippen LogP contribution in [0.25, 0.3) is 0 Å². The van der Waals surface area contributed by atoms with E-state index in [-0.39, 0.29) is 30.5 Å². The number of carbonyl (C=O) groups excluding carboxylic acids is 3. The number of ketones is 1. The number of aryl methyl sites for hydroxylation is 1. The average Bonchev–Trinajstić information content (AvgIpc) is 3.43. The van der Waals surface area contributed by atoms with Crippen molar-refractivity contribution in [2.24, 2.45) is 0 Å². The number of rotatable bonds is 5. The van der Waals surface area contributed by atoms with E-state index in [1.807, 2.05) is 19.9 Å². The summed E-state index contributed by atoms with van der Waals surface area (Å²) in [5.74, 6) is -0.635. The van der Waals surface area contributed by atoms with Crippen molar-refractivity contribution in [1.82, 2.24) is 4.57 Å². The topological polar surface area (TPSA) is 86.6 Å².